The van der Waals surface area contributed by atoms with Crippen molar-refractivity contribution in [3.8, 4) is 0 Å². The predicted molar refractivity (Wildman–Crippen MR) is 49.3 cm³/mol. The van der Waals surface area contributed by atoms with Gasteiger partial charge < -0.3 is 0 Å². The quantitative estimate of drug-likeness (QED) is 0.564. The summed E-state index contributed by atoms with van der Waals surface area (Å²) >= 11 is 3.06. The average molecular weight is 231 g/mol. The molecule has 0 radical (unpaired) electrons. The average Bonchev–Trinajstić information content (AvgIpc) is 2.03. The van der Waals surface area contributed by atoms with Crippen molar-refractivity contribution in [3.05, 3.63) is 35.1 Å². The van der Waals surface area contributed by atoms with E-state index >= 15 is 0 Å². The van der Waals surface area contributed by atoms with E-state index in [9.17, 15) is 9.18 Å². The largest absolute Gasteiger partial charge is 0.293 e. The standard InChI is InChI=1S/C9H8BrFO/c1-6-4-7(11)2-3-8(6)9(12)5-10/h2-4H,5H2,1H3. The minimum Gasteiger partial charge on any atom is -0.293 e. The molecule has 3 heteroatoms. The molecule has 0 atom stereocenters. The van der Waals surface area contributed by atoms with Gasteiger partial charge in [0.2, 0.25) is 0 Å². The molecule has 0 aliphatic heterocycles. The fourth-order valence-corrected chi connectivity index (χ4v) is 1.31. The molecule has 0 aliphatic rings. The topological polar surface area (TPSA) is 17.1 Å². The van der Waals surface area contributed by atoms with Crippen molar-refractivity contribution in [1.82, 2.24) is 0 Å². The molecule has 0 aliphatic carbocycles. The van der Waals surface area contributed by atoms with E-state index in [1.165, 1.54) is 18.2 Å². The lowest BCUT2D eigenvalue weighted by Crippen LogP contribution is -2.02. The number of aryl methyl sites for hydroxylation is 1. The molecule has 1 rings (SSSR count). The Balaban J connectivity index is 3.09. The van der Waals surface area contributed by atoms with Crippen molar-refractivity contribution in [2.24, 2.45) is 0 Å². The van der Waals surface area contributed by atoms with Crippen LogP contribution in [0, 0.1) is 12.7 Å². The molecule has 0 fully saturated rings. The molecule has 12 heavy (non-hydrogen) atoms. The molecule has 0 bridgehead atoms. The molecule has 0 amide bonds. The Hall–Kier alpha value is -0.700. The van der Waals surface area contributed by atoms with Crippen LogP contribution in [-0.2, 0) is 0 Å². The van der Waals surface area contributed by atoms with Crippen LogP contribution >= 0.6 is 15.9 Å². The fraction of sp³-hybridized carbons (Fsp3) is 0.222. The van der Waals surface area contributed by atoms with Crippen LogP contribution in [0.3, 0.4) is 0 Å². The molecule has 0 spiro atoms. The van der Waals surface area contributed by atoms with Gasteiger partial charge in [-0.3, -0.25) is 4.79 Å². The summed E-state index contributed by atoms with van der Waals surface area (Å²) in [5.41, 5.74) is 1.26. The predicted octanol–water partition coefficient (Wildman–Crippen LogP) is 2.71. The Bertz CT molecular complexity index is 309. The van der Waals surface area contributed by atoms with Gasteiger partial charge in [0.1, 0.15) is 5.82 Å². The first-order chi connectivity index (χ1) is 5.65. The van der Waals surface area contributed by atoms with E-state index in [4.69, 9.17) is 0 Å². The summed E-state index contributed by atoms with van der Waals surface area (Å²) in [6, 6.07) is 4.16. The summed E-state index contributed by atoms with van der Waals surface area (Å²) in [5.74, 6) is -0.328. The van der Waals surface area contributed by atoms with E-state index in [2.05, 4.69) is 15.9 Å². The summed E-state index contributed by atoms with van der Waals surface area (Å²) in [6.07, 6.45) is 0. The summed E-state index contributed by atoms with van der Waals surface area (Å²) in [5, 5.41) is 0.277. The van der Waals surface area contributed by atoms with Crippen LogP contribution in [0.1, 0.15) is 15.9 Å². The van der Waals surface area contributed by atoms with Crippen LogP contribution in [0.5, 0.6) is 0 Å². The molecular weight excluding hydrogens is 223 g/mol. The highest BCUT2D eigenvalue weighted by Gasteiger charge is 2.07. The third-order valence-electron chi connectivity index (χ3n) is 1.61. The molecule has 0 unspecified atom stereocenters. The molecule has 0 aromatic heterocycles. The first-order valence-electron chi connectivity index (χ1n) is 3.50. The Morgan fingerprint density at radius 2 is 2.25 bits per heavy atom. The van der Waals surface area contributed by atoms with Crippen molar-refractivity contribution < 1.29 is 9.18 Å². The van der Waals surface area contributed by atoms with Crippen molar-refractivity contribution in [1.29, 1.82) is 0 Å². The monoisotopic (exact) mass is 230 g/mol. The Kier molecular flexibility index (Phi) is 2.98. The number of carbonyl (C=O) groups excluding carboxylic acids is 1. The van der Waals surface area contributed by atoms with Crippen molar-refractivity contribution >= 4 is 21.7 Å². The van der Waals surface area contributed by atoms with Crippen molar-refractivity contribution in [2.75, 3.05) is 5.33 Å². The van der Waals surface area contributed by atoms with Gasteiger partial charge in [0.15, 0.2) is 5.78 Å². The lowest BCUT2D eigenvalue weighted by molar-refractivity contribution is 0.102. The highest BCUT2D eigenvalue weighted by Crippen LogP contribution is 2.11. The number of carbonyl (C=O) groups is 1. The Morgan fingerprint density at radius 1 is 1.58 bits per heavy atom. The third-order valence-corrected chi connectivity index (χ3v) is 2.12. The molecule has 0 saturated carbocycles. The second-order valence-electron chi connectivity index (χ2n) is 2.52. The molecule has 1 nitrogen and oxygen atoms in total. The van der Waals surface area contributed by atoms with E-state index in [0.717, 1.165) is 0 Å². The van der Waals surface area contributed by atoms with Crippen LogP contribution in [0.25, 0.3) is 0 Å². The van der Waals surface area contributed by atoms with Gasteiger partial charge in [-0.1, -0.05) is 15.9 Å². The number of benzene rings is 1. The zero-order valence-corrected chi connectivity index (χ0v) is 8.19. The minimum atomic E-state index is -0.307. The lowest BCUT2D eigenvalue weighted by Gasteiger charge is -2.01. The summed E-state index contributed by atoms with van der Waals surface area (Å²) in [7, 11) is 0. The van der Waals surface area contributed by atoms with Crippen molar-refractivity contribution in [2.45, 2.75) is 6.92 Å². The normalized spacial score (nSPS) is 9.92. The van der Waals surface area contributed by atoms with Crippen molar-refractivity contribution in [3.63, 3.8) is 0 Å². The number of alkyl halides is 1. The van der Waals surface area contributed by atoms with E-state index in [1.54, 1.807) is 6.92 Å². The zero-order valence-electron chi connectivity index (χ0n) is 6.60. The van der Waals surface area contributed by atoms with Crippen LogP contribution in [0.15, 0.2) is 18.2 Å². The van der Waals surface area contributed by atoms with Crippen LogP contribution in [0.4, 0.5) is 4.39 Å². The number of hydrogen-bond acceptors (Lipinski definition) is 1. The second kappa shape index (κ2) is 3.81. The zero-order chi connectivity index (χ0) is 9.14. The van der Waals surface area contributed by atoms with E-state index in [1.807, 2.05) is 0 Å². The smallest absolute Gasteiger partial charge is 0.173 e. The van der Waals surface area contributed by atoms with Gasteiger partial charge in [0.25, 0.3) is 0 Å². The molecule has 64 valence electrons. The molecule has 0 saturated heterocycles. The van der Waals surface area contributed by atoms with Gasteiger partial charge in [0, 0.05) is 5.56 Å². The van der Waals surface area contributed by atoms with Gasteiger partial charge >= 0.3 is 0 Å². The van der Waals surface area contributed by atoms with Crippen LogP contribution < -0.4 is 0 Å². The van der Waals surface area contributed by atoms with E-state index in [0.29, 0.717) is 11.1 Å². The number of Topliss-reactive ketones (excluding diaryl/α,β-unsaturated/α-hetero) is 1. The molecule has 1 aromatic rings. The molecule has 1 aromatic carbocycles. The SMILES string of the molecule is Cc1cc(F)ccc1C(=O)CBr. The first kappa shape index (κ1) is 9.39. The lowest BCUT2D eigenvalue weighted by atomic mass is 10.1. The maximum absolute atomic E-state index is 12.6. The summed E-state index contributed by atoms with van der Waals surface area (Å²) < 4.78 is 12.6. The number of rotatable bonds is 2. The van der Waals surface area contributed by atoms with Gasteiger partial charge in [-0.05, 0) is 30.7 Å². The Morgan fingerprint density at radius 3 is 2.75 bits per heavy atom. The summed E-state index contributed by atoms with van der Waals surface area (Å²) in [4.78, 5) is 11.2. The van der Waals surface area contributed by atoms with Gasteiger partial charge in [-0.25, -0.2) is 4.39 Å². The highest BCUT2D eigenvalue weighted by molar-refractivity contribution is 9.09. The first-order valence-corrected chi connectivity index (χ1v) is 4.62. The molecule has 0 heterocycles. The highest BCUT2D eigenvalue weighted by atomic mass is 79.9. The maximum atomic E-state index is 12.6. The number of hydrogen-bond donors (Lipinski definition) is 0. The Labute approximate surface area is 78.7 Å². The maximum Gasteiger partial charge on any atom is 0.173 e. The minimum absolute atomic E-state index is 0.0208. The summed E-state index contributed by atoms with van der Waals surface area (Å²) in [6.45, 7) is 1.72. The van der Waals surface area contributed by atoms with Crippen LogP contribution in [-0.4, -0.2) is 11.1 Å². The molecular formula is C9H8BrFO. The number of ketones is 1. The van der Waals surface area contributed by atoms with Crippen LogP contribution in [0.2, 0.25) is 0 Å². The van der Waals surface area contributed by atoms with Gasteiger partial charge in [-0.2, -0.15) is 0 Å². The van der Waals surface area contributed by atoms with E-state index < -0.39 is 0 Å². The molecule has 0 N–H and O–H groups in total. The fourth-order valence-electron chi connectivity index (χ4n) is 1.01. The third kappa shape index (κ3) is 1.91. The van der Waals surface area contributed by atoms with Gasteiger partial charge in [-0.15, -0.1) is 0 Å². The number of halogens is 2. The van der Waals surface area contributed by atoms with Gasteiger partial charge in [0.05, 0.1) is 5.33 Å². The van der Waals surface area contributed by atoms with E-state index in [-0.39, 0.29) is 16.9 Å². The second-order valence-corrected chi connectivity index (χ2v) is 3.08.